The molecule has 172 valence electrons. The van der Waals surface area contributed by atoms with Crippen molar-refractivity contribution < 1.29 is 23.8 Å². The highest BCUT2D eigenvalue weighted by atomic mass is 16.7. The van der Waals surface area contributed by atoms with E-state index in [1.165, 1.54) is 5.57 Å². The van der Waals surface area contributed by atoms with Gasteiger partial charge in [0.05, 0.1) is 19.1 Å². The number of rotatable bonds is 4. The summed E-state index contributed by atoms with van der Waals surface area (Å²) in [6.45, 7) is 6.96. The minimum Gasteiger partial charge on any atom is -0.466 e. The molecule has 0 amide bonds. The summed E-state index contributed by atoms with van der Waals surface area (Å²) in [4.78, 5) is 28.6. The topological polar surface area (TPSA) is 65.1 Å². The van der Waals surface area contributed by atoms with E-state index in [1.54, 1.807) is 7.11 Å². The lowest BCUT2D eigenvalue weighted by Gasteiger charge is -2.62. The molecule has 0 unspecified atom stereocenters. The normalized spacial score (nSPS) is 44.5. The molecule has 2 heterocycles. The second kappa shape index (κ2) is 7.39. The molecule has 0 aromatic carbocycles. The standard InChI is InChI=1S/C25H37NO5/c1-5-25(29-4)10-9-23(15-31-25)16-7-8-17-20(27)11-18-19(22(28)30-6-2)12-24(23,21(17)18)14-26(3)13-16/h16,18-19H,5-15H2,1-4H3/t16-,18-,19+,23+,24-,25+/m0/s1. The number of methoxy groups -OCH3 is 1. The van der Waals surface area contributed by atoms with Crippen molar-refractivity contribution in [3.05, 3.63) is 11.1 Å². The molecule has 1 saturated carbocycles. The molecule has 5 rings (SSSR count). The Morgan fingerprint density at radius 1 is 1.29 bits per heavy atom. The van der Waals surface area contributed by atoms with Crippen LogP contribution in [0.2, 0.25) is 0 Å². The summed E-state index contributed by atoms with van der Waals surface area (Å²) in [6, 6.07) is 0. The SMILES string of the molecule is CCOC(=O)[C@@H]1C[C@]23CN(C)C[C@H](CCC4=C2[C@H]1CC4=O)[C@]31CC[C@](CC)(OC)OC1. The number of carbonyl (C=O) groups is 2. The molecule has 6 heteroatoms. The first-order valence-corrected chi connectivity index (χ1v) is 12.2. The number of Topliss-reactive ketones (excluding diaryl/α,β-unsaturated/α-hetero) is 1. The third kappa shape index (κ3) is 2.80. The van der Waals surface area contributed by atoms with Crippen LogP contribution in [0.15, 0.2) is 11.1 Å². The largest absolute Gasteiger partial charge is 0.466 e. The summed E-state index contributed by atoms with van der Waals surface area (Å²) in [5, 5.41) is 0. The van der Waals surface area contributed by atoms with Gasteiger partial charge in [0, 0.05) is 49.8 Å². The van der Waals surface area contributed by atoms with E-state index in [0.29, 0.717) is 25.6 Å². The Hall–Kier alpha value is -1.24. The molecule has 31 heavy (non-hydrogen) atoms. The zero-order valence-electron chi connectivity index (χ0n) is 19.5. The first kappa shape index (κ1) is 21.6. The van der Waals surface area contributed by atoms with Gasteiger partial charge in [-0.05, 0) is 57.6 Å². The molecule has 5 aliphatic rings. The van der Waals surface area contributed by atoms with Gasteiger partial charge in [-0.2, -0.15) is 0 Å². The molecule has 3 fully saturated rings. The molecule has 2 saturated heterocycles. The number of allylic oxidation sites excluding steroid dienone is 1. The van der Waals surface area contributed by atoms with Gasteiger partial charge in [0.25, 0.3) is 0 Å². The minimum absolute atomic E-state index is 0.0176. The van der Waals surface area contributed by atoms with Crippen molar-refractivity contribution >= 4 is 11.8 Å². The van der Waals surface area contributed by atoms with Crippen molar-refractivity contribution in [3.8, 4) is 0 Å². The maximum absolute atomic E-state index is 13.1. The smallest absolute Gasteiger partial charge is 0.309 e. The van der Waals surface area contributed by atoms with E-state index >= 15 is 0 Å². The van der Waals surface area contributed by atoms with E-state index in [1.807, 2.05) is 6.92 Å². The van der Waals surface area contributed by atoms with Crippen molar-refractivity contribution in [2.24, 2.45) is 28.6 Å². The fourth-order valence-corrected chi connectivity index (χ4v) is 8.22. The number of likely N-dealkylation sites (tertiary alicyclic amines) is 1. The van der Waals surface area contributed by atoms with Gasteiger partial charge in [0.15, 0.2) is 11.6 Å². The van der Waals surface area contributed by atoms with E-state index in [9.17, 15) is 9.59 Å². The molecule has 2 aliphatic heterocycles. The summed E-state index contributed by atoms with van der Waals surface area (Å²) >= 11 is 0. The van der Waals surface area contributed by atoms with Gasteiger partial charge < -0.3 is 19.1 Å². The fourth-order valence-electron chi connectivity index (χ4n) is 8.22. The van der Waals surface area contributed by atoms with Crippen LogP contribution in [0.4, 0.5) is 0 Å². The molecule has 0 N–H and O–H groups in total. The van der Waals surface area contributed by atoms with E-state index < -0.39 is 5.79 Å². The van der Waals surface area contributed by atoms with Gasteiger partial charge in [-0.25, -0.2) is 0 Å². The number of ether oxygens (including phenoxy) is 3. The van der Waals surface area contributed by atoms with E-state index in [2.05, 4.69) is 18.9 Å². The Balaban J connectivity index is 1.63. The second-order valence-corrected chi connectivity index (χ2v) is 10.6. The number of esters is 1. The van der Waals surface area contributed by atoms with Crippen LogP contribution in [0.3, 0.4) is 0 Å². The number of hydrogen-bond donors (Lipinski definition) is 0. The van der Waals surface area contributed by atoms with Crippen LogP contribution in [0.1, 0.15) is 58.8 Å². The first-order valence-electron chi connectivity index (χ1n) is 12.2. The maximum Gasteiger partial charge on any atom is 0.309 e. The molecular formula is C25H37NO5. The van der Waals surface area contributed by atoms with Gasteiger partial charge in [0.2, 0.25) is 0 Å². The van der Waals surface area contributed by atoms with E-state index in [-0.39, 0.29) is 34.4 Å². The van der Waals surface area contributed by atoms with Gasteiger partial charge >= 0.3 is 5.97 Å². The maximum atomic E-state index is 13.1. The highest BCUT2D eigenvalue weighted by Gasteiger charge is 2.70. The quantitative estimate of drug-likeness (QED) is 0.636. The van der Waals surface area contributed by atoms with Crippen molar-refractivity contribution in [2.45, 2.75) is 64.6 Å². The fraction of sp³-hybridized carbons (Fsp3) is 0.840. The Labute approximate surface area is 185 Å². The molecule has 2 bridgehead atoms. The Morgan fingerprint density at radius 3 is 2.74 bits per heavy atom. The molecule has 2 spiro atoms. The third-order valence-corrected chi connectivity index (χ3v) is 9.60. The number of carbonyl (C=O) groups excluding carboxylic acids is 2. The Morgan fingerprint density at radius 2 is 2.10 bits per heavy atom. The highest BCUT2D eigenvalue weighted by Crippen LogP contribution is 2.71. The molecule has 0 radical (unpaired) electrons. The van der Waals surface area contributed by atoms with Crippen LogP contribution in [0.25, 0.3) is 0 Å². The van der Waals surface area contributed by atoms with Gasteiger partial charge in [-0.15, -0.1) is 0 Å². The second-order valence-electron chi connectivity index (χ2n) is 10.6. The first-order chi connectivity index (χ1) is 14.9. The number of piperidine rings is 1. The predicted octanol–water partition coefficient (Wildman–Crippen LogP) is 3.35. The van der Waals surface area contributed by atoms with Gasteiger partial charge in [-0.3, -0.25) is 9.59 Å². The lowest BCUT2D eigenvalue weighted by molar-refractivity contribution is -0.295. The molecule has 6 nitrogen and oxygen atoms in total. The summed E-state index contributed by atoms with van der Waals surface area (Å²) in [6.07, 6.45) is 5.89. The van der Waals surface area contributed by atoms with Gasteiger partial charge in [0.1, 0.15) is 0 Å². The lowest BCUT2D eigenvalue weighted by atomic mass is 9.50. The van der Waals surface area contributed by atoms with Crippen LogP contribution in [0.5, 0.6) is 0 Å². The van der Waals surface area contributed by atoms with Crippen LogP contribution in [0, 0.1) is 28.6 Å². The molecule has 6 atom stereocenters. The van der Waals surface area contributed by atoms with Crippen molar-refractivity contribution in [1.29, 1.82) is 0 Å². The van der Waals surface area contributed by atoms with Crippen LogP contribution in [-0.4, -0.2) is 62.9 Å². The van der Waals surface area contributed by atoms with Crippen molar-refractivity contribution in [1.82, 2.24) is 4.90 Å². The van der Waals surface area contributed by atoms with Crippen LogP contribution < -0.4 is 0 Å². The molecular weight excluding hydrogens is 394 g/mol. The molecule has 0 aromatic heterocycles. The zero-order chi connectivity index (χ0) is 22.0. The Kier molecular flexibility index (Phi) is 5.15. The lowest BCUT2D eigenvalue weighted by Crippen LogP contribution is -2.64. The predicted molar refractivity (Wildman–Crippen MR) is 115 cm³/mol. The molecule has 0 aromatic rings. The summed E-state index contributed by atoms with van der Waals surface area (Å²) < 4.78 is 17.9. The van der Waals surface area contributed by atoms with Crippen LogP contribution >= 0.6 is 0 Å². The number of hydrogen-bond acceptors (Lipinski definition) is 6. The monoisotopic (exact) mass is 431 g/mol. The zero-order valence-corrected chi connectivity index (χ0v) is 19.5. The van der Waals surface area contributed by atoms with Crippen molar-refractivity contribution in [2.75, 3.05) is 40.5 Å². The number of nitrogens with zero attached hydrogens (tertiary/aromatic N) is 1. The van der Waals surface area contributed by atoms with E-state index in [4.69, 9.17) is 14.2 Å². The Bertz CT molecular complexity index is 805. The summed E-state index contributed by atoms with van der Waals surface area (Å²) in [5.74, 6) is -0.0840. The minimum atomic E-state index is -0.504. The van der Waals surface area contributed by atoms with E-state index in [0.717, 1.165) is 57.2 Å². The number of ketones is 1. The van der Waals surface area contributed by atoms with Crippen LogP contribution in [-0.2, 0) is 23.8 Å². The average molecular weight is 432 g/mol. The average Bonchev–Trinajstić information content (AvgIpc) is 3.23. The summed E-state index contributed by atoms with van der Waals surface area (Å²) in [7, 11) is 3.95. The van der Waals surface area contributed by atoms with Gasteiger partial charge in [-0.1, -0.05) is 12.5 Å². The molecule has 3 aliphatic carbocycles. The van der Waals surface area contributed by atoms with Crippen molar-refractivity contribution in [3.63, 3.8) is 0 Å². The third-order valence-electron chi connectivity index (χ3n) is 9.60. The summed E-state index contributed by atoms with van der Waals surface area (Å²) in [5.41, 5.74) is 2.14. The highest BCUT2D eigenvalue weighted by molar-refractivity contribution is 6.01.